The highest BCUT2D eigenvalue weighted by molar-refractivity contribution is 6.30. The molecule has 0 radical (unpaired) electrons. The maximum atomic E-state index is 6.21. The van der Waals surface area contributed by atoms with Crippen LogP contribution in [0.5, 0.6) is 5.75 Å². The van der Waals surface area contributed by atoms with E-state index in [1.807, 2.05) is 24.3 Å². The van der Waals surface area contributed by atoms with Crippen LogP contribution >= 0.6 is 11.6 Å². The van der Waals surface area contributed by atoms with Crippen LogP contribution in [0, 0.1) is 0 Å². The molecule has 4 nitrogen and oxygen atoms in total. The second-order valence-corrected chi connectivity index (χ2v) is 5.04. The third-order valence-corrected chi connectivity index (χ3v) is 3.65. The Bertz CT molecular complexity index is 614. The fourth-order valence-corrected chi connectivity index (χ4v) is 2.51. The molecule has 0 amide bonds. The summed E-state index contributed by atoms with van der Waals surface area (Å²) in [6.45, 7) is 1.21. The molecule has 0 saturated heterocycles. The zero-order valence-electron chi connectivity index (χ0n) is 11.2. The molecule has 104 valence electrons. The lowest BCUT2D eigenvalue weighted by Crippen LogP contribution is -2.15. The number of halogens is 1. The Morgan fingerprint density at radius 2 is 2.05 bits per heavy atom. The monoisotopic (exact) mass is 290 g/mol. The number of fused-ring (bicyclic) bond motifs is 1. The van der Waals surface area contributed by atoms with Crippen LogP contribution in [-0.2, 0) is 24.2 Å². The molecule has 20 heavy (non-hydrogen) atoms. The van der Waals surface area contributed by atoms with Gasteiger partial charge in [0.1, 0.15) is 16.7 Å². The lowest BCUT2D eigenvalue weighted by Gasteiger charge is -2.17. The van der Waals surface area contributed by atoms with Crippen molar-refractivity contribution in [3.05, 3.63) is 52.1 Å². The minimum absolute atomic E-state index is 0.511. The van der Waals surface area contributed by atoms with Gasteiger partial charge in [-0.1, -0.05) is 23.7 Å². The van der Waals surface area contributed by atoms with E-state index in [1.54, 1.807) is 7.11 Å². The van der Waals surface area contributed by atoms with Crippen LogP contribution in [0.4, 0.5) is 0 Å². The molecule has 0 aliphatic carbocycles. The highest BCUT2D eigenvalue weighted by atomic mass is 35.5. The van der Waals surface area contributed by atoms with E-state index in [-0.39, 0.29) is 0 Å². The van der Waals surface area contributed by atoms with E-state index in [0.29, 0.717) is 24.8 Å². The molecule has 0 atom stereocenters. The Kier molecular flexibility index (Phi) is 3.85. The lowest BCUT2D eigenvalue weighted by atomic mass is 10.1. The van der Waals surface area contributed by atoms with Crippen molar-refractivity contribution >= 4 is 11.6 Å². The summed E-state index contributed by atoms with van der Waals surface area (Å²) in [5, 5.41) is 0.512. The molecule has 1 aliphatic heterocycles. The Morgan fingerprint density at radius 1 is 1.25 bits per heavy atom. The van der Waals surface area contributed by atoms with Crippen molar-refractivity contribution in [1.82, 2.24) is 9.97 Å². The van der Waals surface area contributed by atoms with E-state index in [1.165, 1.54) is 0 Å². The van der Waals surface area contributed by atoms with E-state index in [0.717, 1.165) is 34.8 Å². The molecular weight excluding hydrogens is 276 g/mol. The maximum absolute atomic E-state index is 6.21. The molecule has 0 unspecified atom stereocenters. The molecule has 1 aromatic heterocycles. The molecule has 2 aromatic rings. The number of hydrogen-bond acceptors (Lipinski definition) is 4. The van der Waals surface area contributed by atoms with Gasteiger partial charge in [-0.25, -0.2) is 9.97 Å². The second kappa shape index (κ2) is 5.77. The minimum Gasteiger partial charge on any atom is -0.497 e. The minimum atomic E-state index is 0.511. The molecule has 0 bridgehead atoms. The van der Waals surface area contributed by atoms with E-state index < -0.39 is 0 Å². The van der Waals surface area contributed by atoms with Crippen molar-refractivity contribution < 1.29 is 9.47 Å². The van der Waals surface area contributed by atoms with Crippen molar-refractivity contribution in [2.75, 3.05) is 13.7 Å². The average molecular weight is 291 g/mol. The van der Waals surface area contributed by atoms with Crippen LogP contribution in [0.15, 0.2) is 24.3 Å². The predicted molar refractivity (Wildman–Crippen MR) is 76.2 cm³/mol. The van der Waals surface area contributed by atoms with E-state index >= 15 is 0 Å². The first-order valence-corrected chi connectivity index (χ1v) is 6.89. The number of rotatable bonds is 3. The zero-order valence-corrected chi connectivity index (χ0v) is 12.0. The van der Waals surface area contributed by atoms with E-state index in [9.17, 15) is 0 Å². The quantitative estimate of drug-likeness (QED) is 0.816. The summed E-state index contributed by atoms with van der Waals surface area (Å²) >= 11 is 6.21. The summed E-state index contributed by atoms with van der Waals surface area (Å²) in [6.07, 6.45) is 1.46. The number of methoxy groups -OCH3 is 1. The standard InChI is InChI=1S/C15H15ClN2O2/c1-19-11-4-2-10(3-5-11)8-14-17-13-6-7-20-9-12(13)15(16)18-14/h2-5H,6-9H2,1H3. The van der Waals surface area contributed by atoms with Gasteiger partial charge in [0, 0.05) is 18.4 Å². The van der Waals surface area contributed by atoms with Gasteiger partial charge >= 0.3 is 0 Å². The molecule has 0 fully saturated rings. The first-order valence-electron chi connectivity index (χ1n) is 6.51. The van der Waals surface area contributed by atoms with Gasteiger partial charge in [0.2, 0.25) is 0 Å². The smallest absolute Gasteiger partial charge is 0.138 e. The van der Waals surface area contributed by atoms with E-state index in [2.05, 4.69) is 9.97 Å². The third-order valence-electron chi connectivity index (χ3n) is 3.34. The van der Waals surface area contributed by atoms with Crippen molar-refractivity contribution in [1.29, 1.82) is 0 Å². The molecule has 0 spiro atoms. The van der Waals surface area contributed by atoms with Crippen molar-refractivity contribution in [3.63, 3.8) is 0 Å². The summed E-state index contributed by atoms with van der Waals surface area (Å²) in [4.78, 5) is 8.97. The first kappa shape index (κ1) is 13.3. The molecular formula is C15H15ClN2O2. The molecule has 1 aliphatic rings. The van der Waals surface area contributed by atoms with Gasteiger partial charge in [-0.2, -0.15) is 0 Å². The van der Waals surface area contributed by atoms with Gasteiger partial charge < -0.3 is 9.47 Å². The zero-order chi connectivity index (χ0) is 13.9. The Labute approximate surface area is 122 Å². The Morgan fingerprint density at radius 3 is 2.80 bits per heavy atom. The summed E-state index contributed by atoms with van der Waals surface area (Å²) in [5.74, 6) is 1.59. The van der Waals surface area contributed by atoms with Gasteiger partial charge in [0.15, 0.2) is 0 Å². The second-order valence-electron chi connectivity index (χ2n) is 4.68. The fraction of sp³-hybridized carbons (Fsp3) is 0.333. The topological polar surface area (TPSA) is 44.2 Å². The van der Waals surface area contributed by atoms with E-state index in [4.69, 9.17) is 21.1 Å². The van der Waals surface area contributed by atoms with Crippen LogP contribution in [-0.4, -0.2) is 23.7 Å². The maximum Gasteiger partial charge on any atom is 0.138 e. The van der Waals surface area contributed by atoms with Crippen molar-refractivity contribution in [3.8, 4) is 5.75 Å². The summed E-state index contributed by atoms with van der Waals surface area (Å²) in [7, 11) is 1.66. The van der Waals surface area contributed by atoms with Crippen molar-refractivity contribution in [2.45, 2.75) is 19.4 Å². The number of ether oxygens (including phenoxy) is 2. The summed E-state index contributed by atoms with van der Waals surface area (Å²) < 4.78 is 10.5. The highest BCUT2D eigenvalue weighted by Crippen LogP contribution is 2.23. The van der Waals surface area contributed by atoms with Crippen LogP contribution in [0.2, 0.25) is 5.15 Å². The predicted octanol–water partition coefficient (Wildman–Crippen LogP) is 2.80. The molecule has 0 N–H and O–H groups in total. The fourth-order valence-electron chi connectivity index (χ4n) is 2.25. The summed E-state index contributed by atoms with van der Waals surface area (Å²) in [6, 6.07) is 7.89. The Hall–Kier alpha value is -1.65. The van der Waals surface area contributed by atoms with Gasteiger partial charge in [-0.15, -0.1) is 0 Å². The number of benzene rings is 1. The molecule has 2 heterocycles. The highest BCUT2D eigenvalue weighted by Gasteiger charge is 2.17. The van der Waals surface area contributed by atoms with Crippen molar-refractivity contribution in [2.24, 2.45) is 0 Å². The molecule has 1 aromatic carbocycles. The van der Waals surface area contributed by atoms with Gasteiger partial charge in [0.25, 0.3) is 0 Å². The third kappa shape index (κ3) is 2.76. The van der Waals surface area contributed by atoms with Gasteiger partial charge in [-0.3, -0.25) is 0 Å². The summed E-state index contributed by atoms with van der Waals surface area (Å²) in [5.41, 5.74) is 3.07. The average Bonchev–Trinajstić information content (AvgIpc) is 2.48. The number of aromatic nitrogens is 2. The van der Waals surface area contributed by atoms with Crippen LogP contribution < -0.4 is 4.74 Å². The largest absolute Gasteiger partial charge is 0.497 e. The van der Waals surface area contributed by atoms with Crippen LogP contribution in [0.1, 0.15) is 22.6 Å². The van der Waals surface area contributed by atoms with Crippen LogP contribution in [0.3, 0.4) is 0 Å². The van der Waals surface area contributed by atoms with Gasteiger partial charge in [-0.05, 0) is 17.7 Å². The lowest BCUT2D eigenvalue weighted by molar-refractivity contribution is 0.109. The van der Waals surface area contributed by atoms with Crippen LogP contribution in [0.25, 0.3) is 0 Å². The van der Waals surface area contributed by atoms with Gasteiger partial charge in [0.05, 0.1) is 26.0 Å². The molecule has 0 saturated carbocycles. The first-order chi connectivity index (χ1) is 9.76. The Balaban J connectivity index is 1.85. The molecule has 3 rings (SSSR count). The normalized spacial score (nSPS) is 13.9. The number of hydrogen-bond donors (Lipinski definition) is 0. The number of nitrogens with zero attached hydrogens (tertiary/aromatic N) is 2. The SMILES string of the molecule is COc1ccc(Cc2nc(Cl)c3c(n2)CCOC3)cc1. The molecule has 5 heteroatoms.